The van der Waals surface area contributed by atoms with Gasteiger partial charge in [0.2, 0.25) is 0 Å². The van der Waals surface area contributed by atoms with Crippen LogP contribution in [0.4, 0.5) is 13.2 Å². The highest BCUT2D eigenvalue weighted by Gasteiger charge is 2.31. The van der Waals surface area contributed by atoms with Gasteiger partial charge in [0.05, 0.1) is 5.57 Å². The molecule has 0 N–H and O–H groups in total. The molecule has 0 saturated carbocycles. The minimum atomic E-state index is -4.32. The van der Waals surface area contributed by atoms with Crippen LogP contribution in [-0.4, -0.2) is 6.18 Å². The van der Waals surface area contributed by atoms with Gasteiger partial charge in [0.15, 0.2) is 0 Å². The van der Waals surface area contributed by atoms with Crippen LogP contribution in [0.15, 0.2) is 36.5 Å². The van der Waals surface area contributed by atoms with Crippen molar-refractivity contribution in [1.82, 2.24) is 0 Å². The van der Waals surface area contributed by atoms with Crippen LogP contribution >= 0.6 is 0 Å². The number of hydrogen-bond donors (Lipinski definition) is 0. The van der Waals surface area contributed by atoms with Crippen LogP contribution in [0, 0.1) is 0 Å². The van der Waals surface area contributed by atoms with Crippen LogP contribution in [-0.2, 0) is 0 Å². The number of rotatable bonds is 3. The molecule has 0 aromatic heterocycles. The zero-order chi connectivity index (χ0) is 11.8. The van der Waals surface area contributed by atoms with Crippen LogP contribution in [0.25, 0.3) is 0 Å². The molecule has 0 aromatic rings. The molecule has 0 aliphatic heterocycles. The molecule has 0 nitrogen and oxygen atoms in total. The third-order valence-electron chi connectivity index (χ3n) is 1.36. The van der Waals surface area contributed by atoms with Gasteiger partial charge < -0.3 is 0 Å². The third kappa shape index (κ3) is 6.52. The molecule has 0 atom stereocenters. The van der Waals surface area contributed by atoms with Crippen molar-refractivity contribution in [2.24, 2.45) is 0 Å². The molecule has 82 valence electrons. The summed E-state index contributed by atoms with van der Waals surface area (Å²) in [6.07, 6.45) is -2.01. The summed E-state index contributed by atoms with van der Waals surface area (Å²) < 4.78 is 36.1. The zero-order valence-electron chi connectivity index (χ0n) is 8.91. The summed E-state index contributed by atoms with van der Waals surface area (Å²) in [6, 6.07) is 0. The number of halogens is 3. The Morgan fingerprint density at radius 1 is 1.29 bits per heavy atom. The Labute approximate surface area is 83.8 Å². The van der Waals surface area contributed by atoms with E-state index in [4.69, 9.17) is 0 Å². The number of allylic oxidation sites excluding steroid dienone is 4. The van der Waals surface area contributed by atoms with Crippen molar-refractivity contribution in [1.29, 1.82) is 0 Å². The standard InChI is InChI=1S/C9H11F3.C2H6/c1-4-7(3)6-8(5-2)9(10,11)12;1-2/h5-6H,2-4H2,1H3;1-2H3/b8-6+;. The van der Waals surface area contributed by atoms with Crippen LogP contribution < -0.4 is 0 Å². The van der Waals surface area contributed by atoms with Crippen molar-refractivity contribution >= 4 is 0 Å². The average Bonchev–Trinajstić information content (AvgIpc) is 2.15. The van der Waals surface area contributed by atoms with Gasteiger partial charge in [-0.15, -0.1) is 0 Å². The lowest BCUT2D eigenvalue weighted by Gasteiger charge is -2.07. The SMILES string of the molecule is C=C/C(=C\C(=C)CC)C(F)(F)F.CC. The lowest BCUT2D eigenvalue weighted by atomic mass is 10.1. The zero-order valence-corrected chi connectivity index (χ0v) is 8.91. The number of alkyl halides is 3. The fourth-order valence-corrected chi connectivity index (χ4v) is 0.578. The van der Waals surface area contributed by atoms with Gasteiger partial charge in [-0.1, -0.05) is 45.6 Å². The highest BCUT2D eigenvalue weighted by Crippen LogP contribution is 2.27. The van der Waals surface area contributed by atoms with E-state index in [0.29, 0.717) is 12.0 Å². The predicted molar refractivity (Wildman–Crippen MR) is 55.1 cm³/mol. The van der Waals surface area contributed by atoms with Crippen LogP contribution in [0.5, 0.6) is 0 Å². The maximum atomic E-state index is 12.0. The summed E-state index contributed by atoms with van der Waals surface area (Å²) >= 11 is 0. The second kappa shape index (κ2) is 7.42. The molecule has 3 heteroatoms. The maximum Gasteiger partial charge on any atom is 0.416 e. The predicted octanol–water partition coefficient (Wildman–Crippen LogP) is 4.65. The summed E-state index contributed by atoms with van der Waals surface area (Å²) in [5, 5.41) is 0. The van der Waals surface area contributed by atoms with Crippen molar-refractivity contribution in [3.63, 3.8) is 0 Å². The van der Waals surface area contributed by atoms with Crippen LogP contribution in [0.2, 0.25) is 0 Å². The molecule has 0 aliphatic carbocycles. The molecule has 0 rings (SSSR count). The first-order valence-corrected chi connectivity index (χ1v) is 4.51. The molecular formula is C11H17F3. The van der Waals surface area contributed by atoms with E-state index >= 15 is 0 Å². The Hall–Kier alpha value is -0.990. The molecule has 0 heterocycles. The highest BCUT2D eigenvalue weighted by atomic mass is 19.4. The maximum absolute atomic E-state index is 12.0. The van der Waals surface area contributed by atoms with Gasteiger partial charge in [0.1, 0.15) is 0 Å². The van der Waals surface area contributed by atoms with Crippen molar-refractivity contribution < 1.29 is 13.2 Å². The molecule has 0 fully saturated rings. The summed E-state index contributed by atoms with van der Waals surface area (Å²) in [6.45, 7) is 12.3. The van der Waals surface area contributed by atoms with Gasteiger partial charge in [0, 0.05) is 0 Å². The second-order valence-electron chi connectivity index (χ2n) is 2.31. The Morgan fingerprint density at radius 2 is 1.71 bits per heavy atom. The summed E-state index contributed by atoms with van der Waals surface area (Å²) in [4.78, 5) is 0. The van der Waals surface area contributed by atoms with Crippen LogP contribution in [0.3, 0.4) is 0 Å². The highest BCUT2D eigenvalue weighted by molar-refractivity contribution is 5.30. The molecule has 14 heavy (non-hydrogen) atoms. The summed E-state index contributed by atoms with van der Waals surface area (Å²) in [5.41, 5.74) is -0.295. The van der Waals surface area contributed by atoms with E-state index in [1.54, 1.807) is 6.92 Å². The molecular weight excluding hydrogens is 189 g/mol. The van der Waals surface area contributed by atoms with Gasteiger partial charge in [-0.3, -0.25) is 0 Å². The Morgan fingerprint density at radius 3 is 1.93 bits per heavy atom. The van der Waals surface area contributed by atoms with Crippen molar-refractivity contribution in [2.75, 3.05) is 0 Å². The van der Waals surface area contributed by atoms with E-state index in [0.717, 1.165) is 12.2 Å². The Kier molecular flexibility index (Phi) is 8.20. The fraction of sp³-hybridized carbons (Fsp3) is 0.455. The van der Waals surface area contributed by atoms with Gasteiger partial charge >= 0.3 is 6.18 Å². The van der Waals surface area contributed by atoms with E-state index in [-0.39, 0.29) is 0 Å². The molecule has 0 amide bonds. The average molecular weight is 206 g/mol. The topological polar surface area (TPSA) is 0 Å². The largest absolute Gasteiger partial charge is 0.416 e. The summed E-state index contributed by atoms with van der Waals surface area (Å²) in [7, 11) is 0. The quantitative estimate of drug-likeness (QED) is 0.589. The minimum Gasteiger partial charge on any atom is -0.166 e. The lowest BCUT2D eigenvalue weighted by Crippen LogP contribution is -2.09. The normalized spacial score (nSPS) is 11.4. The van der Waals surface area contributed by atoms with Crippen molar-refractivity contribution in [3.8, 4) is 0 Å². The molecule has 0 aromatic carbocycles. The van der Waals surface area contributed by atoms with Crippen molar-refractivity contribution in [2.45, 2.75) is 33.4 Å². The van der Waals surface area contributed by atoms with E-state index in [2.05, 4.69) is 13.2 Å². The minimum absolute atomic E-state index is 0.447. The monoisotopic (exact) mass is 206 g/mol. The number of hydrogen-bond acceptors (Lipinski definition) is 0. The van der Waals surface area contributed by atoms with E-state index in [1.807, 2.05) is 13.8 Å². The van der Waals surface area contributed by atoms with E-state index in [1.165, 1.54) is 0 Å². The fourth-order valence-electron chi connectivity index (χ4n) is 0.578. The Balaban J connectivity index is 0. The lowest BCUT2D eigenvalue weighted by molar-refractivity contribution is -0.0882. The van der Waals surface area contributed by atoms with Gasteiger partial charge in [-0.2, -0.15) is 13.2 Å². The first kappa shape index (κ1) is 15.5. The molecule has 0 bridgehead atoms. The second-order valence-corrected chi connectivity index (χ2v) is 2.31. The molecule has 0 saturated heterocycles. The molecule has 0 aliphatic rings. The van der Waals surface area contributed by atoms with Gasteiger partial charge in [-0.05, 0) is 12.5 Å². The molecule has 0 spiro atoms. The first-order valence-electron chi connectivity index (χ1n) is 4.51. The smallest absolute Gasteiger partial charge is 0.166 e. The van der Waals surface area contributed by atoms with Gasteiger partial charge in [0.25, 0.3) is 0 Å². The van der Waals surface area contributed by atoms with E-state index in [9.17, 15) is 13.2 Å². The van der Waals surface area contributed by atoms with Gasteiger partial charge in [-0.25, -0.2) is 0 Å². The third-order valence-corrected chi connectivity index (χ3v) is 1.36. The summed E-state index contributed by atoms with van der Waals surface area (Å²) in [5.74, 6) is 0. The first-order chi connectivity index (χ1) is 6.41. The van der Waals surface area contributed by atoms with Crippen molar-refractivity contribution in [3.05, 3.63) is 36.5 Å². The molecule has 0 unspecified atom stereocenters. The van der Waals surface area contributed by atoms with E-state index < -0.39 is 11.7 Å². The van der Waals surface area contributed by atoms with Crippen LogP contribution in [0.1, 0.15) is 27.2 Å². The Bertz CT molecular complexity index is 209. The molecule has 0 radical (unpaired) electrons.